The van der Waals surface area contributed by atoms with E-state index in [4.69, 9.17) is 4.74 Å². The van der Waals surface area contributed by atoms with Gasteiger partial charge < -0.3 is 4.74 Å². The van der Waals surface area contributed by atoms with Crippen LogP contribution in [0.3, 0.4) is 0 Å². The summed E-state index contributed by atoms with van der Waals surface area (Å²) in [4.78, 5) is 0. The summed E-state index contributed by atoms with van der Waals surface area (Å²) in [5.41, 5.74) is 0. The highest BCUT2D eigenvalue weighted by Gasteiger charge is 2.35. The Morgan fingerprint density at radius 1 is 1.38 bits per heavy atom. The van der Waals surface area contributed by atoms with Crippen LogP contribution in [0.25, 0.3) is 0 Å². The lowest BCUT2D eigenvalue weighted by molar-refractivity contribution is 0.187. The minimum Gasteiger partial charge on any atom is -0.498 e. The van der Waals surface area contributed by atoms with Gasteiger partial charge in [0.25, 0.3) is 0 Å². The van der Waals surface area contributed by atoms with Gasteiger partial charge in [0.1, 0.15) is 0 Å². The van der Waals surface area contributed by atoms with Gasteiger partial charge in [-0.1, -0.05) is 19.9 Å². The van der Waals surface area contributed by atoms with Gasteiger partial charge in [-0.15, -0.1) is 0 Å². The van der Waals surface area contributed by atoms with Crippen LogP contribution in [0, 0.1) is 17.8 Å². The van der Waals surface area contributed by atoms with E-state index in [1.54, 1.807) is 0 Å². The molecule has 2 fully saturated rings. The first-order valence-corrected chi connectivity index (χ1v) is 5.60. The van der Waals surface area contributed by atoms with Crippen LogP contribution < -0.4 is 0 Å². The van der Waals surface area contributed by atoms with Crippen molar-refractivity contribution >= 4 is 0 Å². The number of allylic oxidation sites excluding steroid dienone is 1. The molecule has 2 unspecified atom stereocenters. The Kier molecular flexibility index (Phi) is 2.61. The minimum atomic E-state index is 0.859. The molecular formula is C12H20O. The Hall–Kier alpha value is -0.460. The molecule has 0 heterocycles. The SMILES string of the molecule is C=C(CC1CC1CC)OCC1CC1. The van der Waals surface area contributed by atoms with Crippen LogP contribution in [0.5, 0.6) is 0 Å². The van der Waals surface area contributed by atoms with E-state index in [2.05, 4.69) is 13.5 Å². The minimum absolute atomic E-state index is 0.859. The maximum Gasteiger partial charge on any atom is 0.0905 e. The van der Waals surface area contributed by atoms with E-state index in [-0.39, 0.29) is 0 Å². The molecule has 0 spiro atoms. The van der Waals surface area contributed by atoms with Crippen LogP contribution in [0.2, 0.25) is 0 Å². The lowest BCUT2D eigenvalue weighted by Crippen LogP contribution is -1.97. The molecular weight excluding hydrogens is 160 g/mol. The van der Waals surface area contributed by atoms with Crippen molar-refractivity contribution in [3.8, 4) is 0 Å². The molecule has 1 nitrogen and oxygen atoms in total. The molecule has 74 valence electrons. The quantitative estimate of drug-likeness (QED) is 0.569. The Labute approximate surface area is 81.2 Å². The molecule has 0 saturated heterocycles. The largest absolute Gasteiger partial charge is 0.498 e. The third kappa shape index (κ3) is 2.75. The average molecular weight is 180 g/mol. The van der Waals surface area contributed by atoms with E-state index in [9.17, 15) is 0 Å². The first-order valence-electron chi connectivity index (χ1n) is 5.60. The van der Waals surface area contributed by atoms with Crippen LogP contribution in [0.4, 0.5) is 0 Å². The summed E-state index contributed by atoms with van der Waals surface area (Å²) in [6.07, 6.45) is 6.59. The highest BCUT2D eigenvalue weighted by Crippen LogP contribution is 2.45. The Bertz CT molecular complexity index is 193. The number of ether oxygens (including phenoxy) is 1. The van der Waals surface area contributed by atoms with Crippen molar-refractivity contribution in [2.75, 3.05) is 6.61 Å². The summed E-state index contributed by atoms with van der Waals surface area (Å²) in [7, 11) is 0. The molecule has 0 aromatic rings. The van der Waals surface area contributed by atoms with Gasteiger partial charge in [-0.05, 0) is 37.0 Å². The van der Waals surface area contributed by atoms with Crippen LogP contribution in [0.1, 0.15) is 39.0 Å². The molecule has 0 aromatic heterocycles. The van der Waals surface area contributed by atoms with E-state index < -0.39 is 0 Å². The van der Waals surface area contributed by atoms with Crippen LogP contribution in [-0.4, -0.2) is 6.61 Å². The zero-order valence-corrected chi connectivity index (χ0v) is 8.59. The van der Waals surface area contributed by atoms with Gasteiger partial charge in [-0.2, -0.15) is 0 Å². The predicted octanol–water partition coefficient (Wildman–Crippen LogP) is 3.36. The molecule has 0 amide bonds. The summed E-state index contributed by atoms with van der Waals surface area (Å²) in [5.74, 6) is 3.77. The van der Waals surface area contributed by atoms with Gasteiger partial charge in [-0.3, -0.25) is 0 Å². The molecule has 0 bridgehead atoms. The van der Waals surface area contributed by atoms with E-state index in [0.717, 1.165) is 36.5 Å². The third-order valence-electron chi connectivity index (χ3n) is 3.30. The summed E-state index contributed by atoms with van der Waals surface area (Å²) >= 11 is 0. The van der Waals surface area contributed by atoms with Crippen LogP contribution >= 0.6 is 0 Å². The van der Waals surface area contributed by atoms with E-state index in [1.807, 2.05) is 0 Å². The highest BCUT2D eigenvalue weighted by atomic mass is 16.5. The zero-order chi connectivity index (χ0) is 9.26. The molecule has 0 aliphatic heterocycles. The maximum absolute atomic E-state index is 5.62. The van der Waals surface area contributed by atoms with Gasteiger partial charge in [0.2, 0.25) is 0 Å². The molecule has 2 rings (SSSR count). The molecule has 2 aliphatic rings. The van der Waals surface area contributed by atoms with E-state index in [0.29, 0.717) is 0 Å². The van der Waals surface area contributed by atoms with Crippen molar-refractivity contribution in [2.45, 2.75) is 39.0 Å². The number of hydrogen-bond donors (Lipinski definition) is 0. The van der Waals surface area contributed by atoms with Gasteiger partial charge in [-0.25, -0.2) is 0 Å². The van der Waals surface area contributed by atoms with Crippen LogP contribution in [-0.2, 0) is 4.74 Å². The first kappa shape index (κ1) is 9.11. The Balaban J connectivity index is 1.56. The van der Waals surface area contributed by atoms with Gasteiger partial charge in [0, 0.05) is 6.42 Å². The van der Waals surface area contributed by atoms with Gasteiger partial charge >= 0.3 is 0 Å². The Morgan fingerprint density at radius 3 is 2.69 bits per heavy atom. The lowest BCUT2D eigenvalue weighted by atomic mass is 10.2. The lowest BCUT2D eigenvalue weighted by Gasteiger charge is -2.07. The van der Waals surface area contributed by atoms with Gasteiger partial charge in [0.05, 0.1) is 12.4 Å². The fourth-order valence-corrected chi connectivity index (χ4v) is 1.93. The second-order valence-electron chi connectivity index (χ2n) is 4.66. The van der Waals surface area contributed by atoms with E-state index >= 15 is 0 Å². The second-order valence-corrected chi connectivity index (χ2v) is 4.66. The monoisotopic (exact) mass is 180 g/mol. The summed E-state index contributed by atoms with van der Waals surface area (Å²) in [6, 6.07) is 0. The molecule has 0 N–H and O–H groups in total. The molecule has 2 aliphatic carbocycles. The fraction of sp³-hybridized carbons (Fsp3) is 0.833. The smallest absolute Gasteiger partial charge is 0.0905 e. The van der Waals surface area contributed by atoms with Crippen molar-refractivity contribution in [3.05, 3.63) is 12.3 Å². The van der Waals surface area contributed by atoms with Crippen molar-refractivity contribution in [1.82, 2.24) is 0 Å². The normalized spacial score (nSPS) is 31.5. The second kappa shape index (κ2) is 3.73. The Morgan fingerprint density at radius 2 is 2.15 bits per heavy atom. The third-order valence-corrected chi connectivity index (χ3v) is 3.30. The molecule has 1 heteroatoms. The topological polar surface area (TPSA) is 9.23 Å². The summed E-state index contributed by atoms with van der Waals surface area (Å²) < 4.78 is 5.62. The molecule has 0 radical (unpaired) electrons. The summed E-state index contributed by atoms with van der Waals surface area (Å²) in [5, 5.41) is 0. The number of rotatable bonds is 6. The first-order chi connectivity index (χ1) is 6.29. The zero-order valence-electron chi connectivity index (χ0n) is 8.59. The molecule has 0 aromatic carbocycles. The summed E-state index contributed by atoms with van der Waals surface area (Å²) in [6.45, 7) is 7.19. The van der Waals surface area contributed by atoms with Crippen molar-refractivity contribution in [1.29, 1.82) is 0 Å². The highest BCUT2D eigenvalue weighted by molar-refractivity contribution is 4.95. The average Bonchev–Trinajstić information content (AvgIpc) is 2.97. The van der Waals surface area contributed by atoms with Gasteiger partial charge in [0.15, 0.2) is 0 Å². The molecule has 2 atom stereocenters. The molecule has 13 heavy (non-hydrogen) atoms. The van der Waals surface area contributed by atoms with Crippen LogP contribution in [0.15, 0.2) is 12.3 Å². The van der Waals surface area contributed by atoms with Crippen molar-refractivity contribution in [2.24, 2.45) is 17.8 Å². The van der Waals surface area contributed by atoms with Crippen molar-refractivity contribution < 1.29 is 4.74 Å². The maximum atomic E-state index is 5.62. The standard InChI is InChI=1S/C12H20O/c1-3-11-7-12(11)6-9(2)13-8-10-4-5-10/h10-12H,2-8H2,1H3. The fourth-order valence-electron chi connectivity index (χ4n) is 1.93. The predicted molar refractivity (Wildman–Crippen MR) is 54.3 cm³/mol. The van der Waals surface area contributed by atoms with Crippen molar-refractivity contribution in [3.63, 3.8) is 0 Å². The van der Waals surface area contributed by atoms with E-state index in [1.165, 1.54) is 25.7 Å². The molecule has 2 saturated carbocycles. The number of hydrogen-bond acceptors (Lipinski definition) is 1.